The lowest BCUT2D eigenvalue weighted by Crippen LogP contribution is -2.50. The van der Waals surface area contributed by atoms with E-state index in [0.29, 0.717) is 19.5 Å². The second kappa shape index (κ2) is 5.74. The number of rotatable bonds is 3. The van der Waals surface area contributed by atoms with Crippen LogP contribution in [0.5, 0.6) is 0 Å². The second-order valence-electron chi connectivity index (χ2n) is 5.90. The minimum absolute atomic E-state index is 0.0587. The van der Waals surface area contributed by atoms with Gasteiger partial charge in [-0.25, -0.2) is 0 Å². The standard InChI is InChI=1S/C15H21F3N2/c1-14(19,12-6-3-2-4-7-12)11-20-9-5-8-13(10-20)15(16,17)18/h2-4,6-7,13H,5,8-11,19H2,1H3. The zero-order chi connectivity index (χ0) is 14.8. The first-order valence-corrected chi connectivity index (χ1v) is 6.92. The molecular weight excluding hydrogens is 265 g/mol. The molecule has 1 aliphatic rings. The SMILES string of the molecule is CC(N)(CN1CCCC(C(F)(F)F)C1)c1ccccc1. The van der Waals surface area contributed by atoms with Gasteiger partial charge in [-0.1, -0.05) is 30.3 Å². The molecule has 112 valence electrons. The lowest BCUT2D eigenvalue weighted by molar-refractivity contribution is -0.187. The zero-order valence-corrected chi connectivity index (χ0v) is 11.7. The first-order valence-electron chi connectivity index (χ1n) is 6.92. The van der Waals surface area contributed by atoms with Crippen LogP contribution < -0.4 is 5.73 Å². The van der Waals surface area contributed by atoms with E-state index in [1.807, 2.05) is 42.2 Å². The highest BCUT2D eigenvalue weighted by molar-refractivity contribution is 5.23. The number of likely N-dealkylation sites (tertiary alicyclic amines) is 1. The van der Waals surface area contributed by atoms with Crippen molar-refractivity contribution in [3.05, 3.63) is 35.9 Å². The average Bonchev–Trinajstić information content (AvgIpc) is 2.38. The van der Waals surface area contributed by atoms with Crippen molar-refractivity contribution >= 4 is 0 Å². The Morgan fingerprint density at radius 1 is 1.25 bits per heavy atom. The predicted octanol–water partition coefficient (Wildman–Crippen LogP) is 3.13. The number of alkyl halides is 3. The quantitative estimate of drug-likeness (QED) is 0.925. The molecule has 2 unspecified atom stereocenters. The van der Waals surface area contributed by atoms with Crippen molar-refractivity contribution in [1.29, 1.82) is 0 Å². The van der Waals surface area contributed by atoms with Gasteiger partial charge in [0.25, 0.3) is 0 Å². The molecule has 20 heavy (non-hydrogen) atoms. The first-order chi connectivity index (χ1) is 9.29. The van der Waals surface area contributed by atoms with Crippen molar-refractivity contribution in [3.63, 3.8) is 0 Å². The zero-order valence-electron chi connectivity index (χ0n) is 11.7. The summed E-state index contributed by atoms with van der Waals surface area (Å²) in [6.45, 7) is 3.07. The number of hydrogen-bond acceptors (Lipinski definition) is 2. The van der Waals surface area contributed by atoms with E-state index in [4.69, 9.17) is 5.73 Å². The molecule has 1 aliphatic heterocycles. The van der Waals surface area contributed by atoms with Crippen LogP contribution in [0.3, 0.4) is 0 Å². The van der Waals surface area contributed by atoms with E-state index in [-0.39, 0.29) is 13.0 Å². The molecule has 1 fully saturated rings. The van der Waals surface area contributed by atoms with Crippen molar-refractivity contribution in [1.82, 2.24) is 4.90 Å². The molecule has 1 heterocycles. The number of benzene rings is 1. The third kappa shape index (κ3) is 3.73. The minimum atomic E-state index is -4.10. The molecule has 1 aromatic rings. The number of nitrogens with zero attached hydrogens (tertiary/aromatic N) is 1. The van der Waals surface area contributed by atoms with Gasteiger partial charge < -0.3 is 10.6 Å². The molecule has 0 bridgehead atoms. The Bertz CT molecular complexity index is 428. The predicted molar refractivity (Wildman–Crippen MR) is 73.2 cm³/mol. The largest absolute Gasteiger partial charge is 0.393 e. The number of nitrogens with two attached hydrogens (primary N) is 1. The molecule has 1 aromatic carbocycles. The fraction of sp³-hybridized carbons (Fsp3) is 0.600. The number of halogens is 3. The summed E-state index contributed by atoms with van der Waals surface area (Å²) in [5.41, 5.74) is 6.62. The highest BCUT2D eigenvalue weighted by atomic mass is 19.4. The van der Waals surface area contributed by atoms with Gasteiger partial charge in [-0.15, -0.1) is 0 Å². The molecule has 2 rings (SSSR count). The Labute approximate surface area is 117 Å². The molecule has 0 aromatic heterocycles. The summed E-state index contributed by atoms with van der Waals surface area (Å²) < 4.78 is 38.4. The first kappa shape index (κ1) is 15.3. The van der Waals surface area contributed by atoms with Crippen LogP contribution in [0.4, 0.5) is 13.2 Å². The highest BCUT2D eigenvalue weighted by Gasteiger charge is 2.42. The third-order valence-electron chi connectivity index (χ3n) is 3.95. The van der Waals surface area contributed by atoms with Crippen LogP contribution in [0.15, 0.2) is 30.3 Å². The van der Waals surface area contributed by atoms with E-state index in [1.165, 1.54) is 0 Å². The summed E-state index contributed by atoms with van der Waals surface area (Å²) in [6.07, 6.45) is -3.29. The second-order valence-corrected chi connectivity index (χ2v) is 5.90. The summed E-state index contributed by atoms with van der Waals surface area (Å²) in [5.74, 6) is -1.22. The van der Waals surface area contributed by atoms with Gasteiger partial charge in [0.2, 0.25) is 0 Å². The van der Waals surface area contributed by atoms with E-state index in [2.05, 4.69) is 0 Å². The van der Waals surface area contributed by atoms with E-state index < -0.39 is 17.6 Å². The third-order valence-corrected chi connectivity index (χ3v) is 3.95. The molecule has 5 heteroatoms. The smallest absolute Gasteiger partial charge is 0.321 e. The van der Waals surface area contributed by atoms with E-state index in [1.54, 1.807) is 0 Å². The fourth-order valence-corrected chi connectivity index (χ4v) is 2.84. The van der Waals surface area contributed by atoms with Crippen LogP contribution in [0.25, 0.3) is 0 Å². The molecule has 0 amide bonds. The fourth-order valence-electron chi connectivity index (χ4n) is 2.84. The normalized spacial score (nSPS) is 24.4. The van der Waals surface area contributed by atoms with Crippen molar-refractivity contribution in [2.75, 3.05) is 19.6 Å². The van der Waals surface area contributed by atoms with Gasteiger partial charge in [-0.3, -0.25) is 0 Å². The maximum atomic E-state index is 12.8. The van der Waals surface area contributed by atoms with Crippen LogP contribution in [0, 0.1) is 5.92 Å². The van der Waals surface area contributed by atoms with Crippen molar-refractivity contribution in [3.8, 4) is 0 Å². The Kier molecular flexibility index (Phi) is 4.39. The maximum Gasteiger partial charge on any atom is 0.393 e. The van der Waals surface area contributed by atoms with E-state index in [9.17, 15) is 13.2 Å². The Morgan fingerprint density at radius 2 is 1.90 bits per heavy atom. The Hall–Kier alpha value is -1.07. The molecule has 0 spiro atoms. The molecule has 2 atom stereocenters. The van der Waals surface area contributed by atoms with Gasteiger partial charge in [-0.2, -0.15) is 13.2 Å². The summed E-state index contributed by atoms with van der Waals surface area (Å²) >= 11 is 0. The van der Waals surface area contributed by atoms with Gasteiger partial charge in [0.15, 0.2) is 0 Å². The summed E-state index contributed by atoms with van der Waals surface area (Å²) in [4.78, 5) is 1.84. The van der Waals surface area contributed by atoms with Gasteiger partial charge >= 0.3 is 6.18 Å². The van der Waals surface area contributed by atoms with E-state index in [0.717, 1.165) is 5.56 Å². The van der Waals surface area contributed by atoms with Crippen LogP contribution in [0.2, 0.25) is 0 Å². The van der Waals surface area contributed by atoms with Crippen LogP contribution in [-0.4, -0.2) is 30.7 Å². The van der Waals surface area contributed by atoms with Gasteiger partial charge in [0.05, 0.1) is 11.5 Å². The summed E-state index contributed by atoms with van der Waals surface area (Å²) in [5, 5.41) is 0. The molecule has 0 aliphatic carbocycles. The van der Waals surface area contributed by atoms with Crippen molar-refractivity contribution in [2.24, 2.45) is 11.7 Å². The molecule has 0 saturated carbocycles. The Balaban J connectivity index is 2.02. The molecule has 2 N–H and O–H groups in total. The number of hydrogen-bond donors (Lipinski definition) is 1. The van der Waals surface area contributed by atoms with Crippen molar-refractivity contribution in [2.45, 2.75) is 31.5 Å². The number of piperidine rings is 1. The molecule has 0 radical (unpaired) electrons. The van der Waals surface area contributed by atoms with Gasteiger partial charge in [-0.05, 0) is 31.9 Å². The van der Waals surface area contributed by atoms with Crippen LogP contribution in [0.1, 0.15) is 25.3 Å². The van der Waals surface area contributed by atoms with Crippen molar-refractivity contribution < 1.29 is 13.2 Å². The highest BCUT2D eigenvalue weighted by Crippen LogP contribution is 2.34. The Morgan fingerprint density at radius 3 is 2.50 bits per heavy atom. The lowest BCUT2D eigenvalue weighted by Gasteiger charge is -2.38. The monoisotopic (exact) mass is 286 g/mol. The van der Waals surface area contributed by atoms with E-state index >= 15 is 0 Å². The molecular formula is C15H21F3N2. The lowest BCUT2D eigenvalue weighted by atomic mass is 9.90. The summed E-state index contributed by atoms with van der Waals surface area (Å²) in [6, 6.07) is 9.54. The average molecular weight is 286 g/mol. The van der Waals surface area contributed by atoms with Gasteiger partial charge in [0, 0.05) is 13.1 Å². The topological polar surface area (TPSA) is 29.3 Å². The summed E-state index contributed by atoms with van der Waals surface area (Å²) in [7, 11) is 0. The van der Waals surface area contributed by atoms with Crippen LogP contribution in [-0.2, 0) is 5.54 Å². The molecule has 2 nitrogen and oxygen atoms in total. The maximum absolute atomic E-state index is 12.8. The van der Waals surface area contributed by atoms with Gasteiger partial charge in [0.1, 0.15) is 0 Å². The van der Waals surface area contributed by atoms with Crippen LogP contribution >= 0.6 is 0 Å². The molecule has 1 saturated heterocycles. The minimum Gasteiger partial charge on any atom is -0.321 e.